The molecule has 5 rings (SSSR count). The van der Waals surface area contributed by atoms with Crippen molar-refractivity contribution in [3.63, 3.8) is 0 Å². The van der Waals surface area contributed by atoms with Gasteiger partial charge in [0, 0.05) is 24.0 Å². The predicted octanol–water partition coefficient (Wildman–Crippen LogP) is 2.89. The monoisotopic (exact) mass is 415 g/mol. The normalized spacial score (nSPS) is 25.0. The fourth-order valence-corrected chi connectivity index (χ4v) is 5.59. The summed E-state index contributed by atoms with van der Waals surface area (Å²) in [5.41, 5.74) is 6.36. The topological polar surface area (TPSA) is 97.8 Å². The summed E-state index contributed by atoms with van der Waals surface area (Å²) in [6, 6.07) is 2.22. The third kappa shape index (κ3) is 2.73. The summed E-state index contributed by atoms with van der Waals surface area (Å²) in [7, 11) is 0. The summed E-state index contributed by atoms with van der Waals surface area (Å²) in [5, 5.41) is 9.77. The number of pyridine rings is 1. The Morgan fingerprint density at radius 2 is 2.07 bits per heavy atom. The number of carbonyl (C=O) groups is 1. The first kappa shape index (κ1) is 19.4. The van der Waals surface area contributed by atoms with Gasteiger partial charge in [0.2, 0.25) is 0 Å². The van der Waals surface area contributed by atoms with Crippen LogP contribution in [0.25, 0.3) is 10.9 Å². The van der Waals surface area contributed by atoms with Crippen LogP contribution in [0.3, 0.4) is 0 Å². The second-order valence-electron chi connectivity index (χ2n) is 9.04. The van der Waals surface area contributed by atoms with Crippen molar-refractivity contribution >= 4 is 22.6 Å². The Labute approximate surface area is 173 Å². The standard InChI is InChI=1S/C22H26FN3O4/c1-12-11-30-19-17-13(8-15(21(28)29)20(27)26(12)17)9-16(23)18(19)25-7-4-14(10-25)22(24)5-2-3-6-22/h8-9,12,14H,2-7,10-11,24H2,1H3,(H,28,29)/t12-,14+/m0/s1. The van der Waals surface area contributed by atoms with Crippen molar-refractivity contribution in [3.8, 4) is 5.75 Å². The van der Waals surface area contributed by atoms with Crippen LogP contribution in [-0.4, -0.2) is 40.9 Å². The van der Waals surface area contributed by atoms with Crippen molar-refractivity contribution in [2.45, 2.75) is 50.6 Å². The molecule has 8 heteroatoms. The largest absolute Gasteiger partial charge is 0.487 e. The van der Waals surface area contributed by atoms with Gasteiger partial charge in [-0.2, -0.15) is 0 Å². The number of rotatable bonds is 3. The molecule has 3 aliphatic rings. The number of hydrogen-bond acceptors (Lipinski definition) is 5. The number of nitrogens with two attached hydrogens (primary N) is 1. The van der Waals surface area contributed by atoms with E-state index in [2.05, 4.69) is 0 Å². The maximum Gasteiger partial charge on any atom is 0.341 e. The minimum atomic E-state index is -1.32. The van der Waals surface area contributed by atoms with E-state index in [1.165, 1.54) is 16.7 Å². The maximum atomic E-state index is 15.3. The van der Waals surface area contributed by atoms with Crippen LogP contribution in [0.2, 0.25) is 0 Å². The molecule has 0 amide bonds. The van der Waals surface area contributed by atoms with Gasteiger partial charge in [-0.25, -0.2) is 9.18 Å². The first-order chi connectivity index (χ1) is 14.3. The van der Waals surface area contributed by atoms with E-state index < -0.39 is 17.3 Å². The summed E-state index contributed by atoms with van der Waals surface area (Å²) in [4.78, 5) is 26.4. The number of halogens is 1. The lowest BCUT2D eigenvalue weighted by Gasteiger charge is -2.33. The highest BCUT2D eigenvalue weighted by atomic mass is 19.1. The predicted molar refractivity (Wildman–Crippen MR) is 111 cm³/mol. The molecule has 0 bridgehead atoms. The zero-order chi connectivity index (χ0) is 21.2. The number of aromatic carboxylic acids is 1. The smallest absolute Gasteiger partial charge is 0.341 e. The third-order valence-corrected chi connectivity index (χ3v) is 7.19. The van der Waals surface area contributed by atoms with E-state index in [1.54, 1.807) is 6.92 Å². The molecular weight excluding hydrogens is 389 g/mol. The molecule has 2 aromatic rings. The molecule has 0 unspecified atom stereocenters. The lowest BCUT2D eigenvalue weighted by atomic mass is 9.83. The maximum absolute atomic E-state index is 15.3. The molecule has 1 aromatic heterocycles. The van der Waals surface area contributed by atoms with Gasteiger partial charge < -0.3 is 20.5 Å². The van der Waals surface area contributed by atoms with Crippen LogP contribution in [0.4, 0.5) is 10.1 Å². The first-order valence-electron chi connectivity index (χ1n) is 10.6. The molecule has 1 aromatic carbocycles. The highest BCUT2D eigenvalue weighted by molar-refractivity contribution is 5.97. The summed E-state index contributed by atoms with van der Waals surface area (Å²) < 4.78 is 22.7. The van der Waals surface area contributed by atoms with Gasteiger partial charge in [-0.15, -0.1) is 0 Å². The number of hydrogen-bond donors (Lipinski definition) is 2. The minimum Gasteiger partial charge on any atom is -0.487 e. The Hall–Kier alpha value is -2.61. The molecule has 2 fully saturated rings. The molecule has 0 spiro atoms. The summed E-state index contributed by atoms with van der Waals surface area (Å²) in [6.45, 7) is 3.31. The van der Waals surface area contributed by atoms with Crippen molar-refractivity contribution in [2.75, 3.05) is 24.6 Å². The average Bonchev–Trinajstić information content (AvgIpc) is 3.35. The SMILES string of the molecule is C[C@H]1COc2c(N3CC[C@@H](C4(N)CCCC4)C3)c(F)cc3cc(C(=O)O)c(=O)n1c23. The molecule has 3 N–H and O–H groups in total. The summed E-state index contributed by atoms with van der Waals surface area (Å²) in [5.74, 6) is -1.16. The second kappa shape index (κ2) is 6.70. The fraction of sp³-hybridized carbons (Fsp3) is 0.545. The lowest BCUT2D eigenvalue weighted by molar-refractivity contribution is 0.0694. The van der Waals surface area contributed by atoms with Crippen LogP contribution in [0, 0.1) is 11.7 Å². The Morgan fingerprint density at radius 1 is 1.33 bits per heavy atom. The van der Waals surface area contributed by atoms with Crippen molar-refractivity contribution in [1.29, 1.82) is 0 Å². The zero-order valence-corrected chi connectivity index (χ0v) is 17.0. The number of carboxylic acids is 1. The van der Waals surface area contributed by atoms with E-state index in [0.29, 0.717) is 41.3 Å². The Morgan fingerprint density at radius 3 is 2.77 bits per heavy atom. The van der Waals surface area contributed by atoms with Crippen LogP contribution in [0.5, 0.6) is 5.75 Å². The molecular formula is C22H26FN3O4. The third-order valence-electron chi connectivity index (χ3n) is 7.19. The van der Waals surface area contributed by atoms with Crippen molar-refractivity contribution in [1.82, 2.24) is 4.57 Å². The number of carboxylic acid groups (broad SMARTS) is 1. The van der Waals surface area contributed by atoms with Crippen LogP contribution in [0.1, 0.15) is 55.4 Å². The molecule has 1 saturated heterocycles. The van der Waals surface area contributed by atoms with Crippen LogP contribution in [0.15, 0.2) is 16.9 Å². The lowest BCUT2D eigenvalue weighted by Crippen LogP contribution is -2.45. The van der Waals surface area contributed by atoms with Crippen LogP contribution in [-0.2, 0) is 0 Å². The number of nitrogens with zero attached hydrogens (tertiary/aromatic N) is 2. The van der Waals surface area contributed by atoms with Gasteiger partial charge in [-0.05, 0) is 44.2 Å². The molecule has 1 aliphatic carbocycles. The summed E-state index contributed by atoms with van der Waals surface area (Å²) >= 11 is 0. The number of anilines is 1. The van der Waals surface area contributed by atoms with E-state index >= 15 is 4.39 Å². The highest BCUT2D eigenvalue weighted by Gasteiger charge is 2.42. The molecule has 1 saturated carbocycles. The van der Waals surface area contributed by atoms with E-state index in [-0.39, 0.29) is 23.8 Å². The molecule has 7 nitrogen and oxygen atoms in total. The second-order valence-corrected chi connectivity index (χ2v) is 9.04. The minimum absolute atomic E-state index is 0.180. The van der Waals surface area contributed by atoms with Crippen molar-refractivity contribution in [3.05, 3.63) is 33.9 Å². The van der Waals surface area contributed by atoms with Crippen molar-refractivity contribution < 1.29 is 19.0 Å². The van der Waals surface area contributed by atoms with Gasteiger partial charge in [-0.3, -0.25) is 9.36 Å². The van der Waals surface area contributed by atoms with Gasteiger partial charge in [0.15, 0.2) is 11.6 Å². The van der Waals surface area contributed by atoms with Gasteiger partial charge in [0.25, 0.3) is 5.56 Å². The van der Waals surface area contributed by atoms with E-state index in [1.807, 2.05) is 4.90 Å². The molecule has 0 radical (unpaired) electrons. The fourth-order valence-electron chi connectivity index (χ4n) is 5.59. The number of ether oxygens (including phenoxy) is 1. The summed E-state index contributed by atoms with van der Waals surface area (Å²) in [6.07, 6.45) is 5.19. The number of benzene rings is 1. The molecule has 2 aliphatic heterocycles. The molecule has 3 heterocycles. The molecule has 160 valence electrons. The Kier molecular flexibility index (Phi) is 4.32. The Bertz CT molecular complexity index is 1110. The molecule has 30 heavy (non-hydrogen) atoms. The van der Waals surface area contributed by atoms with E-state index in [9.17, 15) is 14.7 Å². The van der Waals surface area contributed by atoms with Crippen molar-refractivity contribution in [2.24, 2.45) is 11.7 Å². The Balaban J connectivity index is 1.64. The first-order valence-corrected chi connectivity index (χ1v) is 10.6. The number of aromatic nitrogens is 1. The highest BCUT2D eigenvalue weighted by Crippen LogP contribution is 2.45. The van der Waals surface area contributed by atoms with E-state index in [4.69, 9.17) is 10.5 Å². The van der Waals surface area contributed by atoms with Gasteiger partial charge >= 0.3 is 5.97 Å². The van der Waals surface area contributed by atoms with Gasteiger partial charge in [0.1, 0.15) is 17.9 Å². The zero-order valence-electron chi connectivity index (χ0n) is 17.0. The van der Waals surface area contributed by atoms with Crippen LogP contribution < -0.4 is 20.9 Å². The van der Waals surface area contributed by atoms with E-state index in [0.717, 1.165) is 32.1 Å². The molecule has 2 atom stereocenters. The van der Waals surface area contributed by atoms with Gasteiger partial charge in [0.05, 0.1) is 11.6 Å². The van der Waals surface area contributed by atoms with Gasteiger partial charge in [-0.1, -0.05) is 12.8 Å². The quantitative estimate of drug-likeness (QED) is 0.800. The van der Waals surface area contributed by atoms with Crippen LogP contribution >= 0.6 is 0 Å². The average molecular weight is 415 g/mol.